The Hall–Kier alpha value is -1.79. The van der Waals surface area contributed by atoms with Gasteiger partial charge < -0.3 is 20.2 Å². The molecule has 0 spiro atoms. The molecule has 0 saturated carbocycles. The molecule has 0 aliphatic rings. The molecule has 0 heterocycles. The molecular formula is C14H27N3O4. The minimum Gasteiger partial charge on any atom is -0.481 e. The molecule has 0 aliphatic carbocycles. The minimum atomic E-state index is -0.869. The maximum Gasteiger partial charge on any atom is 0.317 e. The highest BCUT2D eigenvalue weighted by molar-refractivity contribution is 5.83. The fourth-order valence-corrected chi connectivity index (χ4v) is 1.94. The van der Waals surface area contributed by atoms with Crippen LogP contribution < -0.4 is 5.32 Å². The SMILES string of the molecule is CC(C)CC(CNC(=O)N(C)CC(=O)N(C)C)CC(=O)O. The predicted octanol–water partition coefficient (Wildman–Crippen LogP) is 0.853. The van der Waals surface area contributed by atoms with E-state index in [0.717, 1.165) is 6.42 Å². The Bertz CT molecular complexity index is 369. The van der Waals surface area contributed by atoms with Gasteiger partial charge in [0.2, 0.25) is 5.91 Å². The Morgan fingerprint density at radius 3 is 2.14 bits per heavy atom. The number of nitrogens with zero attached hydrogens (tertiary/aromatic N) is 2. The van der Waals surface area contributed by atoms with E-state index < -0.39 is 5.97 Å². The van der Waals surface area contributed by atoms with Gasteiger partial charge in [-0.2, -0.15) is 0 Å². The third-order valence-electron chi connectivity index (χ3n) is 3.03. The topological polar surface area (TPSA) is 90.0 Å². The second-order valence-electron chi connectivity index (χ2n) is 5.92. The van der Waals surface area contributed by atoms with Crippen molar-refractivity contribution < 1.29 is 19.5 Å². The van der Waals surface area contributed by atoms with E-state index in [9.17, 15) is 14.4 Å². The first kappa shape index (κ1) is 19.2. The van der Waals surface area contributed by atoms with Crippen LogP contribution in [0.25, 0.3) is 0 Å². The van der Waals surface area contributed by atoms with Gasteiger partial charge in [-0.1, -0.05) is 13.8 Å². The van der Waals surface area contributed by atoms with Crippen LogP contribution in [0.2, 0.25) is 0 Å². The van der Waals surface area contributed by atoms with Gasteiger partial charge in [-0.25, -0.2) is 4.79 Å². The van der Waals surface area contributed by atoms with Crippen molar-refractivity contribution >= 4 is 17.9 Å². The van der Waals surface area contributed by atoms with Crippen LogP contribution in [-0.4, -0.2) is 67.0 Å². The van der Waals surface area contributed by atoms with Crippen LogP contribution in [0.5, 0.6) is 0 Å². The van der Waals surface area contributed by atoms with Crippen molar-refractivity contribution in [2.45, 2.75) is 26.7 Å². The molecule has 1 atom stereocenters. The first-order valence-electron chi connectivity index (χ1n) is 7.04. The number of carbonyl (C=O) groups excluding carboxylic acids is 2. The lowest BCUT2D eigenvalue weighted by Gasteiger charge is -2.22. The van der Waals surface area contributed by atoms with Gasteiger partial charge >= 0.3 is 12.0 Å². The van der Waals surface area contributed by atoms with Crippen LogP contribution in [0.4, 0.5) is 4.79 Å². The number of aliphatic carboxylic acids is 1. The van der Waals surface area contributed by atoms with E-state index in [1.54, 1.807) is 14.1 Å². The highest BCUT2D eigenvalue weighted by atomic mass is 16.4. The molecule has 3 amide bonds. The summed E-state index contributed by atoms with van der Waals surface area (Å²) in [6, 6.07) is -0.371. The first-order valence-corrected chi connectivity index (χ1v) is 7.04. The monoisotopic (exact) mass is 301 g/mol. The summed E-state index contributed by atoms with van der Waals surface area (Å²) < 4.78 is 0. The maximum atomic E-state index is 11.9. The number of carbonyl (C=O) groups is 3. The molecule has 0 aromatic carbocycles. The molecule has 7 nitrogen and oxygen atoms in total. The van der Waals surface area contributed by atoms with Crippen LogP contribution in [0.15, 0.2) is 0 Å². The van der Waals surface area contributed by atoms with Crippen LogP contribution in [0, 0.1) is 11.8 Å². The van der Waals surface area contributed by atoms with Crippen LogP contribution >= 0.6 is 0 Å². The van der Waals surface area contributed by atoms with Gasteiger partial charge in [-0.15, -0.1) is 0 Å². The zero-order valence-corrected chi connectivity index (χ0v) is 13.5. The van der Waals surface area contributed by atoms with Crippen molar-refractivity contribution in [3.63, 3.8) is 0 Å². The molecule has 0 rings (SSSR count). The molecular weight excluding hydrogens is 274 g/mol. The van der Waals surface area contributed by atoms with Crippen molar-refractivity contribution in [2.75, 3.05) is 34.2 Å². The van der Waals surface area contributed by atoms with Crippen molar-refractivity contribution in [1.29, 1.82) is 0 Å². The molecule has 21 heavy (non-hydrogen) atoms. The Labute approximate surface area is 126 Å². The van der Waals surface area contributed by atoms with Crippen molar-refractivity contribution in [3.05, 3.63) is 0 Å². The van der Waals surface area contributed by atoms with Crippen molar-refractivity contribution in [1.82, 2.24) is 15.1 Å². The lowest BCUT2D eigenvalue weighted by molar-refractivity contribution is -0.138. The van der Waals surface area contributed by atoms with E-state index in [4.69, 9.17) is 5.11 Å². The summed E-state index contributed by atoms with van der Waals surface area (Å²) in [4.78, 5) is 36.9. The minimum absolute atomic E-state index is 0.00733. The smallest absolute Gasteiger partial charge is 0.317 e. The molecule has 122 valence electrons. The summed E-state index contributed by atoms with van der Waals surface area (Å²) >= 11 is 0. The summed E-state index contributed by atoms with van der Waals surface area (Å²) in [5.41, 5.74) is 0. The highest BCUT2D eigenvalue weighted by Crippen LogP contribution is 2.14. The second-order valence-corrected chi connectivity index (χ2v) is 5.92. The number of hydrogen-bond donors (Lipinski definition) is 2. The lowest BCUT2D eigenvalue weighted by Crippen LogP contribution is -2.44. The number of nitrogens with one attached hydrogen (secondary N) is 1. The second kappa shape index (κ2) is 9.20. The zero-order valence-electron chi connectivity index (χ0n) is 13.5. The normalized spacial score (nSPS) is 11.9. The molecule has 1 unspecified atom stereocenters. The molecule has 0 aromatic heterocycles. The van der Waals surface area contributed by atoms with Gasteiger partial charge in [0.05, 0.1) is 0 Å². The third-order valence-corrected chi connectivity index (χ3v) is 3.03. The van der Waals surface area contributed by atoms with Crippen molar-refractivity contribution in [3.8, 4) is 0 Å². The van der Waals surface area contributed by atoms with Gasteiger partial charge in [-0.3, -0.25) is 9.59 Å². The number of amides is 3. The molecule has 0 bridgehead atoms. The summed E-state index contributed by atoms with van der Waals surface area (Å²) in [7, 11) is 4.78. The first-order chi connectivity index (χ1) is 9.63. The molecule has 0 aliphatic heterocycles. The highest BCUT2D eigenvalue weighted by Gasteiger charge is 2.18. The van der Waals surface area contributed by atoms with E-state index in [-0.39, 0.29) is 30.8 Å². The van der Waals surface area contributed by atoms with Gasteiger partial charge in [0.25, 0.3) is 0 Å². The fraction of sp³-hybridized carbons (Fsp3) is 0.786. The van der Waals surface area contributed by atoms with E-state index in [1.807, 2.05) is 13.8 Å². The molecule has 2 N–H and O–H groups in total. The Kier molecular flexibility index (Phi) is 8.42. The van der Waals surface area contributed by atoms with Gasteiger partial charge in [-0.05, 0) is 18.3 Å². The van der Waals surface area contributed by atoms with Crippen LogP contribution in [-0.2, 0) is 9.59 Å². The summed E-state index contributed by atoms with van der Waals surface area (Å²) in [5.74, 6) is -0.786. The quantitative estimate of drug-likeness (QED) is 0.695. The Balaban J connectivity index is 4.34. The number of likely N-dealkylation sites (N-methyl/N-ethyl adjacent to an activating group) is 2. The number of urea groups is 1. The summed E-state index contributed by atoms with van der Waals surface area (Å²) in [6.07, 6.45) is 0.756. The lowest BCUT2D eigenvalue weighted by atomic mass is 9.94. The average molecular weight is 301 g/mol. The summed E-state index contributed by atoms with van der Waals surface area (Å²) in [6.45, 7) is 4.31. The molecule has 0 fully saturated rings. The average Bonchev–Trinajstić information content (AvgIpc) is 2.33. The van der Waals surface area contributed by atoms with Crippen LogP contribution in [0.3, 0.4) is 0 Å². The third kappa shape index (κ3) is 8.88. The van der Waals surface area contributed by atoms with Crippen molar-refractivity contribution in [2.24, 2.45) is 11.8 Å². The number of hydrogen-bond acceptors (Lipinski definition) is 3. The van der Waals surface area contributed by atoms with E-state index in [0.29, 0.717) is 12.5 Å². The Morgan fingerprint density at radius 2 is 1.71 bits per heavy atom. The molecule has 0 saturated heterocycles. The standard InChI is InChI=1S/C14H27N3O4/c1-10(2)6-11(7-13(19)20)8-15-14(21)17(5)9-12(18)16(3)4/h10-11H,6-9H2,1-5H3,(H,15,21)(H,19,20). The van der Waals surface area contributed by atoms with Gasteiger partial charge in [0.1, 0.15) is 6.54 Å². The summed E-state index contributed by atoms with van der Waals surface area (Å²) in [5, 5.41) is 11.6. The van der Waals surface area contributed by atoms with E-state index >= 15 is 0 Å². The molecule has 7 heteroatoms. The Morgan fingerprint density at radius 1 is 1.14 bits per heavy atom. The van der Waals surface area contributed by atoms with Gasteiger partial charge in [0.15, 0.2) is 0 Å². The number of carboxylic acids is 1. The largest absolute Gasteiger partial charge is 0.481 e. The van der Waals surface area contributed by atoms with Crippen LogP contribution in [0.1, 0.15) is 26.7 Å². The number of carboxylic acid groups (broad SMARTS) is 1. The maximum absolute atomic E-state index is 11.9. The molecule has 0 aromatic rings. The van der Waals surface area contributed by atoms with Gasteiger partial charge in [0, 0.05) is 34.1 Å². The fourth-order valence-electron chi connectivity index (χ4n) is 1.94. The number of rotatable bonds is 8. The van der Waals surface area contributed by atoms with E-state index in [1.165, 1.54) is 16.8 Å². The zero-order chi connectivity index (χ0) is 16.6. The molecule has 0 radical (unpaired) electrons. The van der Waals surface area contributed by atoms with E-state index in [2.05, 4.69) is 5.32 Å². The predicted molar refractivity (Wildman–Crippen MR) is 79.9 cm³/mol.